The maximum Gasteiger partial charge on any atom is 0.292 e. The average Bonchev–Trinajstić information content (AvgIpc) is 2.29. The topological polar surface area (TPSA) is 55.2 Å². The molecule has 4 nitrogen and oxygen atoms in total. The molecule has 0 saturated heterocycles. The highest BCUT2D eigenvalue weighted by Gasteiger charge is 2.13. The molecule has 1 rings (SSSR count). The molecule has 94 valence electrons. The molecule has 0 radical (unpaired) electrons. The minimum atomic E-state index is -0.351. The van der Waals surface area contributed by atoms with Crippen molar-refractivity contribution in [3.8, 4) is 0 Å². The van der Waals surface area contributed by atoms with Gasteiger partial charge in [-0.3, -0.25) is 10.1 Å². The van der Waals surface area contributed by atoms with Crippen molar-refractivity contribution in [2.75, 3.05) is 16.8 Å². The van der Waals surface area contributed by atoms with E-state index in [1.54, 1.807) is 12.1 Å². The molecular weight excluding hydrogens is 236 g/mol. The molecule has 0 aliphatic carbocycles. The Kier molecular flexibility index (Phi) is 5.83. The van der Waals surface area contributed by atoms with Gasteiger partial charge in [-0.05, 0) is 30.9 Å². The molecular formula is C12H18N2O2S. The van der Waals surface area contributed by atoms with Crippen LogP contribution in [0.4, 0.5) is 11.4 Å². The van der Waals surface area contributed by atoms with E-state index in [0.29, 0.717) is 5.69 Å². The standard InChI is InChI=1S/C12H18N2O2S/c1-3-17-9-8-10(2)13-11-6-4-5-7-12(11)14(15)16/h4-7,10,13H,3,8-9H2,1-2H3. The molecule has 17 heavy (non-hydrogen) atoms. The van der Waals surface area contributed by atoms with E-state index in [0.717, 1.165) is 17.9 Å². The number of nitro benzene ring substituents is 1. The summed E-state index contributed by atoms with van der Waals surface area (Å²) < 4.78 is 0. The third-order valence-electron chi connectivity index (χ3n) is 2.40. The fourth-order valence-electron chi connectivity index (χ4n) is 1.50. The smallest absolute Gasteiger partial charge is 0.292 e. The fraction of sp³-hybridized carbons (Fsp3) is 0.500. The van der Waals surface area contributed by atoms with Crippen molar-refractivity contribution in [2.45, 2.75) is 26.3 Å². The fourth-order valence-corrected chi connectivity index (χ4v) is 2.31. The van der Waals surface area contributed by atoms with Crippen LogP contribution in [0.3, 0.4) is 0 Å². The maximum atomic E-state index is 10.8. The van der Waals surface area contributed by atoms with Crippen molar-refractivity contribution in [2.24, 2.45) is 0 Å². The first-order valence-corrected chi connectivity index (χ1v) is 6.88. The molecule has 0 saturated carbocycles. The third kappa shape index (κ3) is 4.65. The lowest BCUT2D eigenvalue weighted by atomic mass is 10.2. The summed E-state index contributed by atoms with van der Waals surface area (Å²) in [5.74, 6) is 2.18. The Morgan fingerprint density at radius 3 is 2.82 bits per heavy atom. The summed E-state index contributed by atoms with van der Waals surface area (Å²) in [6.07, 6.45) is 1.00. The Labute approximate surface area is 106 Å². The number of rotatable bonds is 7. The Hall–Kier alpha value is -1.23. The summed E-state index contributed by atoms with van der Waals surface area (Å²) in [5.41, 5.74) is 0.744. The lowest BCUT2D eigenvalue weighted by Crippen LogP contribution is -2.16. The van der Waals surface area contributed by atoms with Gasteiger partial charge in [-0.1, -0.05) is 19.1 Å². The van der Waals surface area contributed by atoms with Crippen LogP contribution in [0.2, 0.25) is 0 Å². The first-order chi connectivity index (χ1) is 8.15. The molecule has 0 fully saturated rings. The second-order valence-electron chi connectivity index (χ2n) is 3.81. The molecule has 0 aliphatic rings. The van der Waals surface area contributed by atoms with E-state index < -0.39 is 0 Å². The highest BCUT2D eigenvalue weighted by Crippen LogP contribution is 2.24. The quantitative estimate of drug-likeness (QED) is 0.459. The molecule has 0 heterocycles. The van der Waals surface area contributed by atoms with Gasteiger partial charge in [0.2, 0.25) is 0 Å². The lowest BCUT2D eigenvalue weighted by Gasteiger charge is -2.14. The number of nitro groups is 1. The van der Waals surface area contributed by atoms with E-state index in [4.69, 9.17) is 0 Å². The van der Waals surface area contributed by atoms with E-state index in [1.807, 2.05) is 24.8 Å². The lowest BCUT2D eigenvalue weighted by molar-refractivity contribution is -0.384. The number of nitrogens with one attached hydrogen (secondary N) is 1. The summed E-state index contributed by atoms with van der Waals surface area (Å²) in [6.45, 7) is 4.18. The zero-order valence-corrected chi connectivity index (χ0v) is 11.0. The van der Waals surface area contributed by atoms with Crippen molar-refractivity contribution in [1.82, 2.24) is 0 Å². The first kappa shape index (κ1) is 13.8. The number of anilines is 1. The van der Waals surface area contributed by atoms with Crippen molar-refractivity contribution < 1.29 is 4.92 Å². The van der Waals surface area contributed by atoms with E-state index >= 15 is 0 Å². The second-order valence-corrected chi connectivity index (χ2v) is 5.20. The molecule has 0 aliphatic heterocycles. The number of benzene rings is 1. The van der Waals surface area contributed by atoms with Crippen LogP contribution in [0.5, 0.6) is 0 Å². The predicted octanol–water partition coefficient (Wildman–Crippen LogP) is 3.54. The van der Waals surface area contributed by atoms with Gasteiger partial charge >= 0.3 is 0 Å². The zero-order chi connectivity index (χ0) is 12.7. The van der Waals surface area contributed by atoms with Gasteiger partial charge in [-0.25, -0.2) is 0 Å². The second kappa shape index (κ2) is 7.17. The molecule has 0 spiro atoms. The van der Waals surface area contributed by atoms with Crippen LogP contribution < -0.4 is 5.32 Å². The number of thioether (sulfide) groups is 1. The van der Waals surface area contributed by atoms with Crippen LogP contribution in [-0.4, -0.2) is 22.5 Å². The summed E-state index contributed by atoms with van der Waals surface area (Å²) in [4.78, 5) is 10.5. The number of para-hydroxylation sites is 2. The Bertz CT molecular complexity index is 371. The Morgan fingerprint density at radius 2 is 2.18 bits per heavy atom. The van der Waals surface area contributed by atoms with E-state index in [9.17, 15) is 10.1 Å². The van der Waals surface area contributed by atoms with Crippen molar-refractivity contribution in [3.63, 3.8) is 0 Å². The molecule has 1 N–H and O–H groups in total. The molecule has 1 aromatic carbocycles. The number of hydrogen-bond acceptors (Lipinski definition) is 4. The minimum absolute atomic E-state index is 0.141. The van der Waals surface area contributed by atoms with Gasteiger partial charge in [-0.2, -0.15) is 11.8 Å². The van der Waals surface area contributed by atoms with Gasteiger partial charge in [-0.15, -0.1) is 0 Å². The van der Waals surface area contributed by atoms with Gasteiger partial charge in [0.1, 0.15) is 5.69 Å². The Balaban J connectivity index is 2.58. The van der Waals surface area contributed by atoms with Gasteiger partial charge in [0.25, 0.3) is 5.69 Å². The third-order valence-corrected chi connectivity index (χ3v) is 3.33. The molecule has 5 heteroatoms. The van der Waals surface area contributed by atoms with Crippen LogP contribution in [0.25, 0.3) is 0 Å². The van der Waals surface area contributed by atoms with Crippen molar-refractivity contribution in [3.05, 3.63) is 34.4 Å². The van der Waals surface area contributed by atoms with Crippen LogP contribution >= 0.6 is 11.8 Å². The largest absolute Gasteiger partial charge is 0.377 e. The highest BCUT2D eigenvalue weighted by atomic mass is 32.2. The van der Waals surface area contributed by atoms with Crippen LogP contribution in [0.1, 0.15) is 20.3 Å². The van der Waals surface area contributed by atoms with E-state index in [-0.39, 0.29) is 16.7 Å². The van der Waals surface area contributed by atoms with Crippen molar-refractivity contribution >= 4 is 23.1 Å². The predicted molar refractivity (Wildman–Crippen MR) is 73.8 cm³/mol. The van der Waals surface area contributed by atoms with Crippen LogP contribution in [0.15, 0.2) is 24.3 Å². The SMILES string of the molecule is CCSCCC(C)Nc1ccccc1[N+](=O)[O-]. The van der Waals surface area contributed by atoms with Gasteiger partial charge in [0.15, 0.2) is 0 Å². The normalized spacial score (nSPS) is 12.1. The first-order valence-electron chi connectivity index (χ1n) is 5.72. The molecule has 1 unspecified atom stereocenters. The number of nitrogens with zero attached hydrogens (tertiary/aromatic N) is 1. The monoisotopic (exact) mass is 254 g/mol. The molecule has 1 atom stereocenters. The zero-order valence-electron chi connectivity index (χ0n) is 10.2. The summed E-state index contributed by atoms with van der Waals surface area (Å²) >= 11 is 1.88. The van der Waals surface area contributed by atoms with Crippen LogP contribution in [0, 0.1) is 10.1 Å². The van der Waals surface area contributed by atoms with E-state index in [2.05, 4.69) is 12.2 Å². The summed E-state index contributed by atoms with van der Waals surface area (Å²) in [5, 5.41) is 14.0. The minimum Gasteiger partial charge on any atom is -0.377 e. The van der Waals surface area contributed by atoms with Gasteiger partial charge in [0, 0.05) is 12.1 Å². The Morgan fingerprint density at radius 1 is 1.47 bits per heavy atom. The van der Waals surface area contributed by atoms with Gasteiger partial charge < -0.3 is 5.32 Å². The van der Waals surface area contributed by atoms with Gasteiger partial charge in [0.05, 0.1) is 4.92 Å². The summed E-state index contributed by atoms with van der Waals surface area (Å²) in [6, 6.07) is 7.01. The number of hydrogen-bond donors (Lipinski definition) is 1. The van der Waals surface area contributed by atoms with E-state index in [1.165, 1.54) is 6.07 Å². The van der Waals surface area contributed by atoms with Crippen molar-refractivity contribution in [1.29, 1.82) is 0 Å². The molecule has 0 aromatic heterocycles. The summed E-state index contributed by atoms with van der Waals surface area (Å²) in [7, 11) is 0. The molecule has 0 bridgehead atoms. The molecule has 0 amide bonds. The highest BCUT2D eigenvalue weighted by molar-refractivity contribution is 7.99. The molecule has 1 aromatic rings. The van der Waals surface area contributed by atoms with Crippen LogP contribution in [-0.2, 0) is 0 Å². The average molecular weight is 254 g/mol. The maximum absolute atomic E-state index is 10.8.